The zero-order chi connectivity index (χ0) is 40.1. The molecule has 55 heavy (non-hydrogen) atoms. The van der Waals surface area contributed by atoms with E-state index in [-0.39, 0.29) is 30.1 Å². The van der Waals surface area contributed by atoms with Crippen LogP contribution >= 0.6 is 0 Å². The van der Waals surface area contributed by atoms with Gasteiger partial charge in [-0.05, 0) is 54.8 Å². The van der Waals surface area contributed by atoms with E-state index >= 15 is 0 Å². The number of phenols is 4. The van der Waals surface area contributed by atoms with Crippen LogP contribution in [0.4, 0.5) is 0 Å². The first-order valence-corrected chi connectivity index (χ1v) is 17.2. The van der Waals surface area contributed by atoms with Crippen molar-refractivity contribution in [3.8, 4) is 23.0 Å². The van der Waals surface area contributed by atoms with E-state index < -0.39 is 123 Å². The number of aliphatic hydroxyl groups is 8. The smallest absolute Gasteiger partial charge is 0.331 e. The molecule has 20 heteroatoms. The van der Waals surface area contributed by atoms with E-state index in [1.807, 2.05) is 0 Å². The first kappa shape index (κ1) is 42.4. The molecule has 20 nitrogen and oxygen atoms in total. The molecule has 3 heterocycles. The van der Waals surface area contributed by atoms with Gasteiger partial charge in [0.05, 0.1) is 25.9 Å². The van der Waals surface area contributed by atoms with Crippen LogP contribution in [-0.4, -0.2) is 179 Å². The Morgan fingerprint density at radius 3 is 1.96 bits per heavy atom. The molecule has 2 aromatic carbocycles. The van der Waals surface area contributed by atoms with Gasteiger partial charge >= 0.3 is 5.97 Å². The maximum atomic E-state index is 13.3. The quantitative estimate of drug-likeness (QED) is 0.0541. The van der Waals surface area contributed by atoms with Crippen LogP contribution in [0.25, 0.3) is 6.08 Å². The van der Waals surface area contributed by atoms with E-state index in [1.54, 1.807) is 0 Å². The van der Waals surface area contributed by atoms with Crippen molar-refractivity contribution in [2.75, 3.05) is 19.8 Å². The van der Waals surface area contributed by atoms with E-state index in [0.29, 0.717) is 5.56 Å². The highest BCUT2D eigenvalue weighted by atomic mass is 16.8. The van der Waals surface area contributed by atoms with Gasteiger partial charge in [0.2, 0.25) is 0 Å². The molecule has 0 radical (unpaired) electrons. The third-order valence-corrected chi connectivity index (χ3v) is 9.36. The Balaban J connectivity index is 1.43. The van der Waals surface area contributed by atoms with Crippen molar-refractivity contribution in [2.45, 2.75) is 105 Å². The zero-order valence-corrected chi connectivity index (χ0v) is 29.2. The molecule has 15 atom stereocenters. The molecule has 0 unspecified atom stereocenters. The molecule has 0 amide bonds. The fraction of sp³-hybridized carbons (Fsp3) is 0.571. The van der Waals surface area contributed by atoms with Crippen molar-refractivity contribution in [1.29, 1.82) is 0 Å². The maximum absolute atomic E-state index is 13.3. The molecular formula is C35H46O20. The lowest BCUT2D eigenvalue weighted by Crippen LogP contribution is -2.65. The van der Waals surface area contributed by atoms with Gasteiger partial charge in [-0.15, -0.1) is 0 Å². The summed E-state index contributed by atoms with van der Waals surface area (Å²) in [4.78, 5) is 13.3. The van der Waals surface area contributed by atoms with Gasteiger partial charge in [0.25, 0.3) is 0 Å². The monoisotopic (exact) mass is 786 g/mol. The lowest BCUT2D eigenvalue weighted by Gasteiger charge is -2.47. The number of aromatic hydroxyl groups is 4. The highest BCUT2D eigenvalue weighted by molar-refractivity contribution is 5.87. The Hall–Kier alpha value is -3.71. The lowest BCUT2D eigenvalue weighted by molar-refractivity contribution is -0.364. The minimum absolute atomic E-state index is 0.111. The van der Waals surface area contributed by atoms with Crippen LogP contribution in [0.3, 0.4) is 0 Å². The molecule has 3 aliphatic heterocycles. The summed E-state index contributed by atoms with van der Waals surface area (Å²) >= 11 is 0. The van der Waals surface area contributed by atoms with Crippen molar-refractivity contribution in [1.82, 2.24) is 0 Å². The number of aliphatic hydroxyl groups excluding tert-OH is 8. The number of ether oxygens (including phenoxy) is 7. The Morgan fingerprint density at radius 2 is 1.29 bits per heavy atom. The average molecular weight is 787 g/mol. The van der Waals surface area contributed by atoms with E-state index in [2.05, 4.69) is 0 Å². The van der Waals surface area contributed by atoms with Gasteiger partial charge in [0, 0.05) is 6.08 Å². The summed E-state index contributed by atoms with van der Waals surface area (Å²) in [6.45, 7) is -0.254. The van der Waals surface area contributed by atoms with Crippen molar-refractivity contribution in [2.24, 2.45) is 0 Å². The van der Waals surface area contributed by atoms with Crippen LogP contribution in [-0.2, 0) is 44.4 Å². The molecule has 3 saturated heterocycles. The number of carbonyl (C=O) groups excluding carboxylic acids is 1. The van der Waals surface area contributed by atoms with E-state index in [1.165, 1.54) is 43.3 Å². The standard InChI is InChI=1S/C35H46O20/c1-14-24(42)26(44)29(47)35(51-14)55-32-30(48)34(49-9-8-16-3-6-18(38)20(40)11-16)53-22(13-50-33-28(46)27(45)25(43)21(12-36)52-33)31(32)54-23(41)7-4-15-2-5-17(37)19(39)10-15/h2-7,10-11,14,21-22,24-40,42-48H,8-9,12-13H2,1H3/b7-4+/t14-,21+,22+,24-,25-,26+,27-,28+,29+,30+,31+,32+,33+,34+,35-/m0/s1. The van der Waals surface area contributed by atoms with Gasteiger partial charge in [-0.25, -0.2) is 4.79 Å². The largest absolute Gasteiger partial charge is 0.504 e. The Labute approximate surface area is 313 Å². The Kier molecular flexibility index (Phi) is 14.3. The Bertz CT molecular complexity index is 1610. The molecule has 2 aromatic rings. The number of hydrogen-bond acceptors (Lipinski definition) is 20. The Morgan fingerprint density at radius 1 is 0.673 bits per heavy atom. The van der Waals surface area contributed by atoms with E-state index in [9.17, 15) is 66.1 Å². The summed E-state index contributed by atoms with van der Waals surface area (Å²) in [6.07, 6.45) is -22.6. The fourth-order valence-corrected chi connectivity index (χ4v) is 6.14. The molecule has 12 N–H and O–H groups in total. The molecule has 0 saturated carbocycles. The number of carbonyl (C=O) groups is 1. The van der Waals surface area contributed by atoms with Gasteiger partial charge in [-0.1, -0.05) is 12.1 Å². The maximum Gasteiger partial charge on any atom is 0.331 e. The van der Waals surface area contributed by atoms with Crippen molar-refractivity contribution < 1.29 is 99.2 Å². The zero-order valence-electron chi connectivity index (χ0n) is 29.2. The summed E-state index contributed by atoms with van der Waals surface area (Å²) in [5, 5.41) is 123. The number of rotatable bonds is 13. The molecule has 0 bridgehead atoms. The molecule has 0 spiro atoms. The van der Waals surface area contributed by atoms with Crippen LogP contribution in [0.1, 0.15) is 18.1 Å². The summed E-state index contributed by atoms with van der Waals surface area (Å²) in [5.41, 5.74) is 0.773. The highest BCUT2D eigenvalue weighted by Gasteiger charge is 2.53. The molecule has 3 aliphatic rings. The number of benzene rings is 2. The topological polar surface area (TPSA) is 324 Å². The molecular weight excluding hydrogens is 740 g/mol. The van der Waals surface area contributed by atoms with E-state index in [4.69, 9.17) is 33.2 Å². The SMILES string of the molecule is C[C@@H]1O[C@@H](O[C@@H]2[C@@H](O)[C@H](OCCc3ccc(O)c(O)c3)O[C@H](CO[C@@H]3O[C@H](CO)[C@H](O)[C@H](O)[C@H]3O)[C@H]2OC(=O)/C=C/c2ccc(O)c(O)c2)[C@H](O)[C@H](O)[C@H]1O. The van der Waals surface area contributed by atoms with Gasteiger partial charge in [-0.2, -0.15) is 0 Å². The minimum atomic E-state index is -1.88. The second-order valence-corrected chi connectivity index (χ2v) is 13.3. The molecule has 0 aliphatic carbocycles. The normalized spacial score (nSPS) is 36.9. The first-order valence-electron chi connectivity index (χ1n) is 17.2. The van der Waals surface area contributed by atoms with Crippen LogP contribution < -0.4 is 0 Å². The molecule has 306 valence electrons. The summed E-state index contributed by atoms with van der Waals surface area (Å²) < 4.78 is 40.2. The predicted molar refractivity (Wildman–Crippen MR) is 180 cm³/mol. The van der Waals surface area contributed by atoms with Crippen LogP contribution in [0.5, 0.6) is 23.0 Å². The second-order valence-electron chi connectivity index (χ2n) is 13.3. The van der Waals surface area contributed by atoms with Gasteiger partial charge in [0.1, 0.15) is 61.0 Å². The van der Waals surface area contributed by atoms with Crippen molar-refractivity contribution in [3.63, 3.8) is 0 Å². The predicted octanol–water partition coefficient (Wildman–Crippen LogP) is -3.19. The number of hydrogen-bond donors (Lipinski definition) is 12. The first-order chi connectivity index (χ1) is 26.1. The third kappa shape index (κ3) is 10.0. The summed E-state index contributed by atoms with van der Waals surface area (Å²) in [6, 6.07) is 7.75. The molecule has 5 rings (SSSR count). The van der Waals surface area contributed by atoms with Crippen LogP contribution in [0.2, 0.25) is 0 Å². The van der Waals surface area contributed by atoms with Crippen LogP contribution in [0, 0.1) is 0 Å². The average Bonchev–Trinajstić information content (AvgIpc) is 3.16. The highest BCUT2D eigenvalue weighted by Crippen LogP contribution is 2.33. The van der Waals surface area contributed by atoms with E-state index in [0.717, 1.165) is 12.1 Å². The van der Waals surface area contributed by atoms with Gasteiger partial charge in [0.15, 0.2) is 48.0 Å². The third-order valence-electron chi connectivity index (χ3n) is 9.36. The van der Waals surface area contributed by atoms with Crippen LogP contribution in [0.15, 0.2) is 42.5 Å². The minimum Gasteiger partial charge on any atom is -0.504 e. The molecule has 3 fully saturated rings. The number of esters is 1. The van der Waals surface area contributed by atoms with Gasteiger partial charge in [-0.3, -0.25) is 0 Å². The number of phenolic OH excluding ortho intramolecular Hbond substituents is 4. The fourth-order valence-electron chi connectivity index (χ4n) is 6.14. The summed E-state index contributed by atoms with van der Waals surface area (Å²) in [5.74, 6) is -2.71. The lowest BCUT2D eigenvalue weighted by atomic mass is 9.96. The summed E-state index contributed by atoms with van der Waals surface area (Å²) in [7, 11) is 0. The van der Waals surface area contributed by atoms with Crippen molar-refractivity contribution >= 4 is 12.0 Å². The molecule has 0 aromatic heterocycles. The van der Waals surface area contributed by atoms with Crippen molar-refractivity contribution in [3.05, 3.63) is 53.6 Å². The van der Waals surface area contributed by atoms with Gasteiger partial charge < -0.3 is 94.4 Å². The second kappa shape index (κ2) is 18.5.